The maximum atomic E-state index is 11.6. The fourth-order valence-electron chi connectivity index (χ4n) is 2.43. The highest BCUT2D eigenvalue weighted by Crippen LogP contribution is 2.14. The zero-order valence-electron chi connectivity index (χ0n) is 15.1. The van der Waals surface area contributed by atoms with Gasteiger partial charge < -0.3 is 9.47 Å². The van der Waals surface area contributed by atoms with E-state index in [4.69, 9.17) is 9.47 Å². The maximum absolute atomic E-state index is 11.6. The van der Waals surface area contributed by atoms with Gasteiger partial charge in [0.1, 0.15) is 0 Å². The lowest BCUT2D eigenvalue weighted by Gasteiger charge is -2.07. The molecule has 0 saturated heterocycles. The Morgan fingerprint density at radius 2 is 1.43 bits per heavy atom. The van der Waals surface area contributed by atoms with Crippen LogP contribution in [-0.2, 0) is 14.3 Å². The van der Waals surface area contributed by atoms with Crippen molar-refractivity contribution >= 4 is 5.97 Å². The Morgan fingerprint density at radius 3 is 1.96 bits per heavy atom. The van der Waals surface area contributed by atoms with Gasteiger partial charge in [-0.2, -0.15) is 0 Å². The first kappa shape index (κ1) is 21.9. The first-order valence-corrected chi connectivity index (χ1v) is 9.25. The molecule has 0 fully saturated rings. The van der Waals surface area contributed by atoms with Gasteiger partial charge in [0, 0.05) is 5.57 Å². The Hall–Kier alpha value is -1.09. The lowest BCUT2D eigenvalue weighted by molar-refractivity contribution is -0.150. The molecule has 0 radical (unpaired) electrons. The number of unbranched alkanes of at least 4 members (excludes halogenated alkanes) is 10. The van der Waals surface area contributed by atoms with Crippen LogP contribution in [0.4, 0.5) is 0 Å². The summed E-state index contributed by atoms with van der Waals surface area (Å²) in [5.74, 6) is -0.346. The van der Waals surface area contributed by atoms with E-state index in [1.54, 1.807) is 6.08 Å². The standard InChI is InChI=1S/C20H36O3/c1-4-6-7-8-9-10-11-12-13-14-15-16-19(3)20(21)23-18-22-17-5-2/h5H,2-4,6-18H2,1H3. The molecule has 0 rings (SSSR count). The lowest BCUT2D eigenvalue weighted by Crippen LogP contribution is -2.10. The summed E-state index contributed by atoms with van der Waals surface area (Å²) in [6.45, 7) is 9.93. The largest absolute Gasteiger partial charge is 0.435 e. The number of hydrogen-bond donors (Lipinski definition) is 0. The van der Waals surface area contributed by atoms with Gasteiger partial charge in [-0.3, -0.25) is 0 Å². The fourth-order valence-corrected chi connectivity index (χ4v) is 2.43. The highest BCUT2D eigenvalue weighted by atomic mass is 16.7. The van der Waals surface area contributed by atoms with Crippen LogP contribution in [0.2, 0.25) is 0 Å². The molecule has 134 valence electrons. The third kappa shape index (κ3) is 15.6. The quantitative estimate of drug-likeness (QED) is 0.109. The van der Waals surface area contributed by atoms with E-state index in [2.05, 4.69) is 20.1 Å². The molecule has 3 heteroatoms. The minimum absolute atomic E-state index is 0.0257. The summed E-state index contributed by atoms with van der Waals surface area (Å²) in [5.41, 5.74) is 0.545. The Labute approximate surface area is 143 Å². The van der Waals surface area contributed by atoms with Gasteiger partial charge in [0.2, 0.25) is 0 Å². The zero-order valence-corrected chi connectivity index (χ0v) is 15.1. The highest BCUT2D eigenvalue weighted by molar-refractivity contribution is 5.87. The Kier molecular flexibility index (Phi) is 16.4. The molecule has 0 aromatic carbocycles. The topological polar surface area (TPSA) is 35.5 Å². The van der Waals surface area contributed by atoms with Crippen LogP contribution < -0.4 is 0 Å². The number of hydrogen-bond acceptors (Lipinski definition) is 3. The van der Waals surface area contributed by atoms with Crippen LogP contribution >= 0.6 is 0 Å². The van der Waals surface area contributed by atoms with E-state index in [-0.39, 0.29) is 12.8 Å². The second-order valence-corrected chi connectivity index (χ2v) is 6.10. The second kappa shape index (κ2) is 17.3. The molecule has 0 heterocycles. The smallest absolute Gasteiger partial charge is 0.335 e. The van der Waals surface area contributed by atoms with E-state index in [1.807, 2.05) is 0 Å². The lowest BCUT2D eigenvalue weighted by atomic mass is 10.0. The molecule has 0 spiro atoms. The van der Waals surface area contributed by atoms with E-state index in [0.29, 0.717) is 12.2 Å². The van der Waals surface area contributed by atoms with Crippen molar-refractivity contribution in [2.45, 2.75) is 84.0 Å². The minimum atomic E-state index is -0.346. The number of carbonyl (C=O) groups is 1. The van der Waals surface area contributed by atoms with Gasteiger partial charge in [-0.15, -0.1) is 6.58 Å². The number of ether oxygens (including phenoxy) is 2. The molecule has 0 unspecified atom stereocenters. The van der Waals surface area contributed by atoms with Crippen molar-refractivity contribution in [2.24, 2.45) is 0 Å². The van der Waals surface area contributed by atoms with Gasteiger partial charge >= 0.3 is 5.97 Å². The molecule has 0 aliphatic heterocycles. The molecule has 0 amide bonds. The second-order valence-electron chi connectivity index (χ2n) is 6.10. The van der Waals surface area contributed by atoms with Crippen molar-refractivity contribution in [1.82, 2.24) is 0 Å². The summed E-state index contributed by atoms with van der Waals surface area (Å²) >= 11 is 0. The van der Waals surface area contributed by atoms with Crippen LogP contribution in [0, 0.1) is 0 Å². The van der Waals surface area contributed by atoms with Gasteiger partial charge in [-0.05, 0) is 12.8 Å². The number of carbonyl (C=O) groups excluding carboxylic acids is 1. The summed E-state index contributed by atoms with van der Waals surface area (Å²) in [4.78, 5) is 11.6. The van der Waals surface area contributed by atoms with Crippen LogP contribution in [0.1, 0.15) is 84.0 Å². The molecule has 0 bridgehead atoms. The third-order valence-electron chi connectivity index (χ3n) is 3.88. The van der Waals surface area contributed by atoms with Gasteiger partial charge in [0.15, 0.2) is 6.79 Å². The Balaban J connectivity index is 3.31. The van der Waals surface area contributed by atoms with Crippen LogP contribution in [0.3, 0.4) is 0 Å². The van der Waals surface area contributed by atoms with Gasteiger partial charge in [0.25, 0.3) is 0 Å². The molecule has 3 nitrogen and oxygen atoms in total. The predicted molar refractivity (Wildman–Crippen MR) is 97.3 cm³/mol. The van der Waals surface area contributed by atoms with E-state index in [0.717, 1.165) is 19.3 Å². The van der Waals surface area contributed by atoms with Crippen molar-refractivity contribution in [3.05, 3.63) is 24.8 Å². The molecule has 0 aromatic rings. The molecule has 0 aromatic heterocycles. The molecule has 0 atom stereocenters. The van der Waals surface area contributed by atoms with E-state index < -0.39 is 0 Å². The Bertz CT molecular complexity index is 310. The van der Waals surface area contributed by atoms with E-state index in [9.17, 15) is 4.79 Å². The summed E-state index contributed by atoms with van der Waals surface area (Å²) in [6, 6.07) is 0. The molecule has 0 N–H and O–H groups in total. The average Bonchev–Trinajstić information content (AvgIpc) is 2.56. The first-order chi connectivity index (χ1) is 11.2. The normalized spacial score (nSPS) is 10.5. The van der Waals surface area contributed by atoms with E-state index in [1.165, 1.54) is 57.8 Å². The van der Waals surface area contributed by atoms with Crippen LogP contribution in [0.15, 0.2) is 24.8 Å². The minimum Gasteiger partial charge on any atom is -0.435 e. The van der Waals surface area contributed by atoms with E-state index >= 15 is 0 Å². The highest BCUT2D eigenvalue weighted by Gasteiger charge is 2.07. The SMILES string of the molecule is C=CCOCOC(=O)C(=C)CCCCCCCCCCCCC. The first-order valence-electron chi connectivity index (χ1n) is 9.25. The molecular weight excluding hydrogens is 288 g/mol. The molecule has 0 saturated carbocycles. The van der Waals surface area contributed by atoms with Crippen molar-refractivity contribution in [3.8, 4) is 0 Å². The van der Waals surface area contributed by atoms with Gasteiger partial charge in [0.05, 0.1) is 6.61 Å². The zero-order chi connectivity index (χ0) is 17.2. The third-order valence-corrected chi connectivity index (χ3v) is 3.88. The average molecular weight is 325 g/mol. The van der Waals surface area contributed by atoms with Crippen LogP contribution in [0.5, 0.6) is 0 Å². The summed E-state index contributed by atoms with van der Waals surface area (Å²) in [6.07, 6.45) is 16.7. The molecular formula is C20H36O3. The van der Waals surface area contributed by atoms with Gasteiger partial charge in [-0.25, -0.2) is 4.79 Å². The van der Waals surface area contributed by atoms with Crippen molar-refractivity contribution in [3.63, 3.8) is 0 Å². The molecule has 0 aliphatic rings. The number of esters is 1. The van der Waals surface area contributed by atoms with Crippen molar-refractivity contribution < 1.29 is 14.3 Å². The molecule has 23 heavy (non-hydrogen) atoms. The molecule has 0 aliphatic carbocycles. The number of rotatable bonds is 17. The predicted octanol–water partition coefficient (Wildman–Crippen LogP) is 5.95. The monoisotopic (exact) mass is 324 g/mol. The summed E-state index contributed by atoms with van der Waals surface area (Å²) in [7, 11) is 0. The Morgan fingerprint density at radius 1 is 0.913 bits per heavy atom. The van der Waals surface area contributed by atoms with Crippen LogP contribution in [0.25, 0.3) is 0 Å². The summed E-state index contributed by atoms with van der Waals surface area (Å²) < 4.78 is 9.96. The van der Waals surface area contributed by atoms with Crippen molar-refractivity contribution in [2.75, 3.05) is 13.4 Å². The van der Waals surface area contributed by atoms with Gasteiger partial charge in [-0.1, -0.05) is 83.8 Å². The fraction of sp³-hybridized carbons (Fsp3) is 0.750. The summed E-state index contributed by atoms with van der Waals surface area (Å²) in [5, 5.41) is 0. The van der Waals surface area contributed by atoms with Crippen LogP contribution in [-0.4, -0.2) is 19.4 Å². The van der Waals surface area contributed by atoms with Crippen molar-refractivity contribution in [1.29, 1.82) is 0 Å². The maximum Gasteiger partial charge on any atom is 0.335 e.